The van der Waals surface area contributed by atoms with Crippen LogP contribution in [0.2, 0.25) is 0 Å². The predicted molar refractivity (Wildman–Crippen MR) is 119 cm³/mol. The van der Waals surface area contributed by atoms with Gasteiger partial charge in [0.25, 0.3) is 0 Å². The van der Waals surface area contributed by atoms with Gasteiger partial charge >= 0.3 is 0 Å². The molecule has 2 rings (SSSR count). The van der Waals surface area contributed by atoms with Crippen LogP contribution in [-0.4, -0.2) is 70.8 Å². The van der Waals surface area contributed by atoms with Crippen LogP contribution in [0, 0.1) is 5.92 Å². The molecule has 1 saturated heterocycles. The van der Waals surface area contributed by atoms with Crippen LogP contribution in [0.15, 0.2) is 24.3 Å². The van der Waals surface area contributed by atoms with Crippen molar-refractivity contribution < 1.29 is 16.8 Å². The van der Waals surface area contributed by atoms with Crippen molar-refractivity contribution in [3.05, 3.63) is 29.8 Å². The van der Waals surface area contributed by atoms with Crippen molar-refractivity contribution in [1.29, 1.82) is 0 Å². The molecule has 0 spiro atoms. The van der Waals surface area contributed by atoms with Gasteiger partial charge in [-0.05, 0) is 62.8 Å². The maximum Gasteiger partial charge on any atom is 0.229 e. The van der Waals surface area contributed by atoms with Crippen molar-refractivity contribution in [3.63, 3.8) is 0 Å². The van der Waals surface area contributed by atoms with E-state index in [1.54, 1.807) is 10.4 Å². The zero-order valence-corrected chi connectivity index (χ0v) is 19.6. The number of hydrogen-bond donors (Lipinski definition) is 1. The van der Waals surface area contributed by atoms with E-state index in [4.69, 9.17) is 0 Å². The van der Waals surface area contributed by atoms with Gasteiger partial charge in [-0.1, -0.05) is 19.1 Å². The van der Waals surface area contributed by atoms with Crippen molar-refractivity contribution in [2.75, 3.05) is 43.4 Å². The Morgan fingerprint density at radius 3 is 2.38 bits per heavy atom. The molecule has 0 bridgehead atoms. The molecule has 1 aromatic carbocycles. The summed E-state index contributed by atoms with van der Waals surface area (Å²) >= 11 is 0. The van der Waals surface area contributed by atoms with Crippen LogP contribution in [0.5, 0.6) is 0 Å². The number of rotatable bonds is 10. The lowest BCUT2D eigenvalue weighted by atomic mass is 9.96. The number of benzene rings is 1. The summed E-state index contributed by atoms with van der Waals surface area (Å²) in [5.41, 5.74) is 1.69. The number of piperidine rings is 1. The molecule has 1 fully saturated rings. The molecule has 1 N–H and O–H groups in total. The maximum atomic E-state index is 11.7. The molecule has 1 unspecified atom stereocenters. The Labute approximate surface area is 176 Å². The van der Waals surface area contributed by atoms with E-state index in [1.165, 1.54) is 6.26 Å². The third kappa shape index (κ3) is 8.24. The van der Waals surface area contributed by atoms with Crippen LogP contribution >= 0.6 is 0 Å². The minimum atomic E-state index is -3.29. The van der Waals surface area contributed by atoms with Gasteiger partial charge in [0.2, 0.25) is 20.0 Å². The highest BCUT2D eigenvalue weighted by molar-refractivity contribution is 7.92. The van der Waals surface area contributed by atoms with Crippen LogP contribution < -0.4 is 4.72 Å². The maximum absolute atomic E-state index is 11.7. The number of nitrogens with one attached hydrogen (secondary N) is 1. The zero-order chi connectivity index (χ0) is 21.7. The van der Waals surface area contributed by atoms with Gasteiger partial charge in [-0.2, -0.15) is 0 Å². The number of hydrogen-bond acceptors (Lipinski definition) is 5. The fraction of sp³-hybridized carbons (Fsp3) is 0.700. The zero-order valence-electron chi connectivity index (χ0n) is 18.0. The van der Waals surface area contributed by atoms with E-state index in [0.29, 0.717) is 30.7 Å². The molecule has 1 heterocycles. The molecule has 0 radical (unpaired) electrons. The molecule has 0 saturated carbocycles. The third-order valence-corrected chi connectivity index (χ3v) is 7.34. The second-order valence-electron chi connectivity index (χ2n) is 8.23. The fourth-order valence-electron chi connectivity index (χ4n) is 3.98. The Bertz CT molecular complexity index is 863. The minimum absolute atomic E-state index is 0.316. The van der Waals surface area contributed by atoms with E-state index in [1.807, 2.05) is 18.2 Å². The molecule has 1 aliphatic rings. The van der Waals surface area contributed by atoms with Gasteiger partial charge in [0.15, 0.2) is 0 Å². The van der Waals surface area contributed by atoms with E-state index in [0.717, 1.165) is 50.6 Å². The summed E-state index contributed by atoms with van der Waals surface area (Å²) in [5.74, 6) is 0.500. The highest BCUT2D eigenvalue weighted by Gasteiger charge is 2.27. The van der Waals surface area contributed by atoms with Crippen LogP contribution in [0.25, 0.3) is 0 Å². The van der Waals surface area contributed by atoms with Gasteiger partial charge in [-0.25, -0.2) is 21.1 Å². The van der Waals surface area contributed by atoms with Crippen molar-refractivity contribution in [2.45, 2.75) is 45.6 Å². The summed E-state index contributed by atoms with van der Waals surface area (Å²) < 4.78 is 50.5. The van der Waals surface area contributed by atoms with Crippen LogP contribution in [-0.2, 0) is 26.5 Å². The molecule has 166 valence electrons. The molecule has 29 heavy (non-hydrogen) atoms. The number of nitrogens with zero attached hydrogens (tertiary/aromatic N) is 2. The first kappa shape index (κ1) is 24.1. The lowest BCUT2D eigenvalue weighted by Crippen LogP contribution is -2.44. The van der Waals surface area contributed by atoms with Crippen LogP contribution in [0.1, 0.15) is 38.7 Å². The molecule has 1 aliphatic heterocycles. The molecule has 0 aromatic heterocycles. The van der Waals surface area contributed by atoms with Gasteiger partial charge in [-0.15, -0.1) is 0 Å². The van der Waals surface area contributed by atoms with Crippen molar-refractivity contribution in [3.8, 4) is 0 Å². The Morgan fingerprint density at radius 1 is 1.17 bits per heavy atom. The molecule has 7 nitrogen and oxygen atoms in total. The van der Waals surface area contributed by atoms with Gasteiger partial charge in [0, 0.05) is 31.4 Å². The third-order valence-electron chi connectivity index (χ3n) is 5.43. The molecular weight excluding hydrogens is 410 g/mol. The van der Waals surface area contributed by atoms with Gasteiger partial charge in [0.05, 0.1) is 12.5 Å². The Balaban J connectivity index is 1.97. The summed E-state index contributed by atoms with van der Waals surface area (Å²) in [4.78, 5) is 2.48. The lowest BCUT2D eigenvalue weighted by Gasteiger charge is -2.36. The summed E-state index contributed by atoms with van der Waals surface area (Å²) in [6, 6.07) is 7.87. The molecular formula is C20H35N3O4S2. The van der Waals surface area contributed by atoms with Crippen LogP contribution in [0.4, 0.5) is 5.69 Å². The average Bonchev–Trinajstić information content (AvgIpc) is 2.60. The van der Waals surface area contributed by atoms with E-state index in [2.05, 4.69) is 23.5 Å². The Hall–Kier alpha value is -1.16. The second-order valence-corrected chi connectivity index (χ2v) is 12.0. The van der Waals surface area contributed by atoms with E-state index < -0.39 is 20.0 Å². The van der Waals surface area contributed by atoms with Gasteiger partial charge < -0.3 is 4.90 Å². The van der Waals surface area contributed by atoms with E-state index >= 15 is 0 Å². The quantitative estimate of drug-likeness (QED) is 0.597. The monoisotopic (exact) mass is 445 g/mol. The average molecular weight is 446 g/mol. The van der Waals surface area contributed by atoms with E-state index in [9.17, 15) is 16.8 Å². The van der Waals surface area contributed by atoms with E-state index in [-0.39, 0.29) is 0 Å². The minimum Gasteiger partial charge on any atom is -0.300 e. The predicted octanol–water partition coefficient (Wildman–Crippen LogP) is 2.37. The molecule has 1 atom stereocenters. The van der Waals surface area contributed by atoms with Crippen molar-refractivity contribution in [2.24, 2.45) is 5.92 Å². The highest BCUT2D eigenvalue weighted by atomic mass is 32.2. The van der Waals surface area contributed by atoms with Gasteiger partial charge in [0.1, 0.15) is 0 Å². The Morgan fingerprint density at radius 2 is 1.83 bits per heavy atom. The number of sulfonamides is 2. The topological polar surface area (TPSA) is 86.8 Å². The summed E-state index contributed by atoms with van der Waals surface area (Å²) in [6.45, 7) is 7.55. The normalized spacial score (nSPS) is 18.1. The first-order valence-corrected chi connectivity index (χ1v) is 14.0. The second kappa shape index (κ2) is 10.2. The first-order valence-electron chi connectivity index (χ1n) is 10.2. The van der Waals surface area contributed by atoms with Gasteiger partial charge in [-0.3, -0.25) is 4.72 Å². The largest absolute Gasteiger partial charge is 0.300 e. The Kier molecular flexibility index (Phi) is 8.51. The first-order chi connectivity index (χ1) is 13.5. The molecule has 0 aliphatic carbocycles. The number of anilines is 1. The molecule has 0 amide bonds. The molecule has 9 heteroatoms. The summed E-state index contributed by atoms with van der Waals surface area (Å²) in [7, 11) is -6.38. The van der Waals surface area contributed by atoms with Crippen LogP contribution in [0.3, 0.4) is 0 Å². The highest BCUT2D eigenvalue weighted by Crippen LogP contribution is 2.22. The smallest absolute Gasteiger partial charge is 0.229 e. The lowest BCUT2D eigenvalue weighted by molar-refractivity contribution is 0.146. The standard InChI is InChI=1S/C20H35N3O4S2/c1-5-11-22(16-18-9-12-23(13-10-18)29(4,26)27)17(2)14-19-7-6-8-20(15-19)21-28(3,24)25/h6-8,15,17-18,21H,5,9-14,16H2,1-4H3. The molecule has 1 aromatic rings. The summed E-state index contributed by atoms with van der Waals surface area (Å²) in [5, 5.41) is 0. The van der Waals surface area contributed by atoms with Crippen molar-refractivity contribution in [1.82, 2.24) is 9.21 Å². The SMILES string of the molecule is CCCN(CC1CCN(S(C)(=O)=O)CC1)C(C)Cc1cccc(NS(C)(=O)=O)c1. The summed E-state index contributed by atoms with van der Waals surface area (Å²) in [6.07, 6.45) is 6.12. The fourth-order valence-corrected chi connectivity index (χ4v) is 5.41. The van der Waals surface area contributed by atoms with Crippen molar-refractivity contribution >= 4 is 25.7 Å².